The number of rotatable bonds is 5. The lowest BCUT2D eigenvalue weighted by Crippen LogP contribution is -2.38. The number of aliphatic carboxylic acids is 1. The number of carbonyl (C=O) groups is 1. The van der Waals surface area contributed by atoms with E-state index in [4.69, 9.17) is 5.11 Å². The second-order valence-electron chi connectivity index (χ2n) is 4.75. The highest BCUT2D eigenvalue weighted by atomic mass is 16.4. The normalized spacial score (nSPS) is 12.6. The summed E-state index contributed by atoms with van der Waals surface area (Å²) < 4.78 is 0. The molecule has 1 aromatic rings. The summed E-state index contributed by atoms with van der Waals surface area (Å²) >= 11 is 0. The molecular weight excluding hydrogens is 230 g/mol. The van der Waals surface area contributed by atoms with Gasteiger partial charge in [-0.1, -0.05) is 20.8 Å². The summed E-state index contributed by atoms with van der Waals surface area (Å²) in [6.45, 7) is 7.79. The van der Waals surface area contributed by atoms with Crippen LogP contribution in [-0.4, -0.2) is 34.1 Å². The van der Waals surface area contributed by atoms with Gasteiger partial charge in [0.25, 0.3) is 0 Å². The van der Waals surface area contributed by atoms with Crippen molar-refractivity contribution in [1.82, 2.24) is 9.97 Å². The van der Waals surface area contributed by atoms with E-state index < -0.39 is 12.0 Å². The van der Waals surface area contributed by atoms with E-state index in [1.807, 2.05) is 33.8 Å². The molecule has 100 valence electrons. The van der Waals surface area contributed by atoms with Crippen LogP contribution in [0.15, 0.2) is 6.07 Å². The molecule has 1 atom stereocenters. The molecular formula is C13H21N3O2. The lowest BCUT2D eigenvalue weighted by Gasteiger charge is -2.25. The summed E-state index contributed by atoms with van der Waals surface area (Å²) in [5.74, 6) is 0.807. The summed E-state index contributed by atoms with van der Waals surface area (Å²) in [4.78, 5) is 21.7. The second kappa shape index (κ2) is 5.80. The van der Waals surface area contributed by atoms with Crippen molar-refractivity contribution < 1.29 is 9.90 Å². The van der Waals surface area contributed by atoms with E-state index >= 15 is 0 Å². The van der Waals surface area contributed by atoms with Crippen molar-refractivity contribution in [2.45, 2.75) is 46.1 Å². The second-order valence-corrected chi connectivity index (χ2v) is 4.75. The van der Waals surface area contributed by atoms with Crippen LogP contribution in [0.3, 0.4) is 0 Å². The van der Waals surface area contributed by atoms with Crippen molar-refractivity contribution >= 4 is 11.8 Å². The monoisotopic (exact) mass is 251 g/mol. The third kappa shape index (κ3) is 3.18. The summed E-state index contributed by atoms with van der Waals surface area (Å²) in [7, 11) is 1.76. The standard InChI is InChI=1S/C13H21N3O2/c1-6-10(13(17)18)16(5)11-7-9(4)14-12(15-11)8(2)3/h7-8,10H,6H2,1-5H3,(H,17,18). The van der Waals surface area contributed by atoms with E-state index in [1.54, 1.807) is 11.9 Å². The van der Waals surface area contributed by atoms with E-state index in [0.29, 0.717) is 12.2 Å². The molecule has 0 saturated carbocycles. The average Bonchev–Trinajstić information content (AvgIpc) is 2.28. The Morgan fingerprint density at radius 1 is 1.44 bits per heavy atom. The molecule has 0 aromatic carbocycles. The van der Waals surface area contributed by atoms with Crippen LogP contribution in [0.4, 0.5) is 5.82 Å². The molecule has 0 amide bonds. The zero-order valence-electron chi connectivity index (χ0n) is 11.6. The number of carboxylic acid groups (broad SMARTS) is 1. The van der Waals surface area contributed by atoms with E-state index in [0.717, 1.165) is 11.5 Å². The summed E-state index contributed by atoms with van der Waals surface area (Å²) in [6, 6.07) is 1.26. The van der Waals surface area contributed by atoms with E-state index in [-0.39, 0.29) is 5.92 Å². The molecule has 1 heterocycles. The van der Waals surface area contributed by atoms with Crippen LogP contribution in [0.5, 0.6) is 0 Å². The molecule has 1 rings (SSSR count). The van der Waals surface area contributed by atoms with Crippen molar-refractivity contribution in [3.05, 3.63) is 17.6 Å². The molecule has 18 heavy (non-hydrogen) atoms. The lowest BCUT2D eigenvalue weighted by atomic mass is 10.2. The number of likely N-dealkylation sites (N-methyl/N-ethyl adjacent to an activating group) is 1. The summed E-state index contributed by atoms with van der Waals surface area (Å²) in [5, 5.41) is 9.17. The maximum atomic E-state index is 11.2. The zero-order valence-corrected chi connectivity index (χ0v) is 11.6. The van der Waals surface area contributed by atoms with Crippen LogP contribution in [0.2, 0.25) is 0 Å². The molecule has 5 nitrogen and oxygen atoms in total. The molecule has 0 radical (unpaired) electrons. The average molecular weight is 251 g/mol. The van der Waals surface area contributed by atoms with Crippen LogP contribution in [0.1, 0.15) is 44.6 Å². The fourth-order valence-corrected chi connectivity index (χ4v) is 1.79. The maximum Gasteiger partial charge on any atom is 0.326 e. The Balaban J connectivity index is 3.12. The van der Waals surface area contributed by atoms with Gasteiger partial charge in [-0.05, 0) is 13.3 Å². The zero-order chi connectivity index (χ0) is 13.9. The van der Waals surface area contributed by atoms with Gasteiger partial charge in [0.1, 0.15) is 17.7 Å². The molecule has 1 aromatic heterocycles. The molecule has 0 saturated heterocycles. The van der Waals surface area contributed by atoms with Gasteiger partial charge in [-0.15, -0.1) is 0 Å². The fourth-order valence-electron chi connectivity index (χ4n) is 1.79. The molecule has 5 heteroatoms. The Labute approximate surface area is 108 Å². The van der Waals surface area contributed by atoms with Crippen LogP contribution < -0.4 is 4.90 Å². The number of aromatic nitrogens is 2. The molecule has 0 aliphatic carbocycles. The SMILES string of the molecule is CCC(C(=O)O)N(C)c1cc(C)nc(C(C)C)n1. The Kier molecular flexibility index (Phi) is 4.64. The molecule has 1 N–H and O–H groups in total. The molecule has 0 fully saturated rings. The third-order valence-corrected chi connectivity index (χ3v) is 2.88. The van der Waals surface area contributed by atoms with Gasteiger partial charge in [0.15, 0.2) is 0 Å². The van der Waals surface area contributed by atoms with Gasteiger partial charge in [-0.2, -0.15) is 0 Å². The molecule has 0 aliphatic rings. The first-order valence-electron chi connectivity index (χ1n) is 6.18. The van der Waals surface area contributed by atoms with Crippen LogP contribution >= 0.6 is 0 Å². The van der Waals surface area contributed by atoms with Gasteiger partial charge in [-0.3, -0.25) is 0 Å². The minimum absolute atomic E-state index is 0.224. The minimum Gasteiger partial charge on any atom is -0.480 e. The van der Waals surface area contributed by atoms with Crippen LogP contribution in [0.25, 0.3) is 0 Å². The van der Waals surface area contributed by atoms with Gasteiger partial charge in [-0.25, -0.2) is 14.8 Å². The maximum absolute atomic E-state index is 11.2. The number of carboxylic acids is 1. The van der Waals surface area contributed by atoms with E-state index in [9.17, 15) is 4.79 Å². The number of aryl methyl sites for hydroxylation is 1. The lowest BCUT2D eigenvalue weighted by molar-refractivity contribution is -0.138. The van der Waals surface area contributed by atoms with Crippen LogP contribution in [-0.2, 0) is 4.79 Å². The van der Waals surface area contributed by atoms with Gasteiger partial charge in [0.2, 0.25) is 0 Å². The molecule has 0 bridgehead atoms. The van der Waals surface area contributed by atoms with Gasteiger partial charge in [0, 0.05) is 24.7 Å². The highest BCUT2D eigenvalue weighted by Gasteiger charge is 2.22. The number of anilines is 1. The van der Waals surface area contributed by atoms with E-state index in [1.165, 1.54) is 0 Å². The highest BCUT2D eigenvalue weighted by molar-refractivity contribution is 5.77. The number of hydrogen-bond donors (Lipinski definition) is 1. The molecule has 0 aliphatic heterocycles. The molecule has 1 unspecified atom stereocenters. The van der Waals surface area contributed by atoms with Crippen LogP contribution in [0, 0.1) is 6.92 Å². The Morgan fingerprint density at radius 2 is 2.06 bits per heavy atom. The largest absolute Gasteiger partial charge is 0.480 e. The van der Waals surface area contributed by atoms with Gasteiger partial charge >= 0.3 is 5.97 Å². The Hall–Kier alpha value is -1.65. The highest BCUT2D eigenvalue weighted by Crippen LogP contribution is 2.18. The third-order valence-electron chi connectivity index (χ3n) is 2.88. The topological polar surface area (TPSA) is 66.3 Å². The predicted octanol–water partition coefficient (Wildman–Crippen LogP) is 2.21. The minimum atomic E-state index is -0.831. The smallest absolute Gasteiger partial charge is 0.326 e. The summed E-state index contributed by atoms with van der Waals surface area (Å²) in [6.07, 6.45) is 0.534. The van der Waals surface area contributed by atoms with Crippen molar-refractivity contribution in [3.63, 3.8) is 0 Å². The van der Waals surface area contributed by atoms with E-state index in [2.05, 4.69) is 9.97 Å². The van der Waals surface area contributed by atoms with Crippen molar-refractivity contribution in [2.24, 2.45) is 0 Å². The van der Waals surface area contributed by atoms with Gasteiger partial charge in [0.05, 0.1) is 0 Å². The number of hydrogen-bond acceptors (Lipinski definition) is 4. The van der Waals surface area contributed by atoms with Gasteiger partial charge < -0.3 is 10.0 Å². The summed E-state index contributed by atoms with van der Waals surface area (Å²) in [5.41, 5.74) is 0.857. The number of nitrogens with zero attached hydrogens (tertiary/aromatic N) is 3. The first-order valence-corrected chi connectivity index (χ1v) is 6.18. The first-order chi connectivity index (χ1) is 8.36. The fraction of sp³-hybridized carbons (Fsp3) is 0.615. The Bertz CT molecular complexity index is 432. The van der Waals surface area contributed by atoms with Crippen molar-refractivity contribution in [1.29, 1.82) is 0 Å². The first kappa shape index (κ1) is 14.4. The van der Waals surface area contributed by atoms with Crippen molar-refractivity contribution in [2.75, 3.05) is 11.9 Å². The van der Waals surface area contributed by atoms with Crippen molar-refractivity contribution in [3.8, 4) is 0 Å². The molecule has 0 spiro atoms. The predicted molar refractivity (Wildman–Crippen MR) is 71.0 cm³/mol. The Morgan fingerprint density at radius 3 is 2.50 bits per heavy atom. The quantitative estimate of drug-likeness (QED) is 0.869.